The van der Waals surface area contributed by atoms with Crippen molar-refractivity contribution in [1.29, 1.82) is 0 Å². The van der Waals surface area contributed by atoms with E-state index in [9.17, 15) is 0 Å². The third-order valence-electron chi connectivity index (χ3n) is 4.45. The number of aromatic nitrogens is 4. The molecule has 116 valence electrons. The average Bonchev–Trinajstić information content (AvgIpc) is 3.18. The summed E-state index contributed by atoms with van der Waals surface area (Å²) in [5, 5.41) is 11.6. The van der Waals surface area contributed by atoms with Crippen molar-refractivity contribution in [1.82, 2.24) is 20.2 Å². The Hall–Kier alpha value is -1.99. The monoisotopic (exact) mass is 301 g/mol. The van der Waals surface area contributed by atoms with Gasteiger partial charge in [-0.1, -0.05) is 0 Å². The van der Waals surface area contributed by atoms with Gasteiger partial charge < -0.3 is 14.4 Å². The first kappa shape index (κ1) is 13.7. The maximum Gasteiger partial charge on any atom is 0.181 e. The SMILES string of the molecule is Cn1nnnc1-c1ccc(N2CCC3(CC2)OCCO3)cc1. The number of benzene rings is 1. The molecule has 7 heteroatoms. The van der Waals surface area contributed by atoms with E-state index >= 15 is 0 Å². The van der Waals surface area contributed by atoms with Crippen molar-refractivity contribution in [2.24, 2.45) is 7.05 Å². The van der Waals surface area contributed by atoms with Crippen LogP contribution in [0.4, 0.5) is 5.69 Å². The summed E-state index contributed by atoms with van der Waals surface area (Å²) in [5.74, 6) is 0.456. The number of piperidine rings is 1. The fourth-order valence-corrected chi connectivity index (χ4v) is 3.19. The third kappa shape index (κ3) is 2.36. The number of nitrogens with zero attached hydrogens (tertiary/aromatic N) is 5. The predicted octanol–water partition coefficient (Wildman–Crippen LogP) is 1.22. The number of hydrogen-bond donors (Lipinski definition) is 0. The Balaban J connectivity index is 1.47. The standard InChI is InChI=1S/C15H19N5O2/c1-19-14(16-17-18-19)12-2-4-13(5-3-12)20-8-6-15(7-9-20)21-10-11-22-15/h2-5H,6-11H2,1H3. The van der Waals surface area contributed by atoms with Crippen LogP contribution < -0.4 is 4.90 Å². The first-order valence-electron chi connectivity index (χ1n) is 7.61. The van der Waals surface area contributed by atoms with E-state index < -0.39 is 0 Å². The number of rotatable bonds is 2. The van der Waals surface area contributed by atoms with Crippen molar-refractivity contribution < 1.29 is 9.47 Å². The normalized spacial score (nSPS) is 20.7. The highest BCUT2D eigenvalue weighted by atomic mass is 16.7. The number of tetrazole rings is 1. The average molecular weight is 301 g/mol. The Morgan fingerprint density at radius 1 is 1.05 bits per heavy atom. The van der Waals surface area contributed by atoms with Gasteiger partial charge in [-0.3, -0.25) is 0 Å². The lowest BCUT2D eigenvalue weighted by Crippen LogP contribution is -2.45. The molecule has 0 atom stereocenters. The molecule has 0 N–H and O–H groups in total. The molecule has 4 rings (SSSR count). The van der Waals surface area contributed by atoms with Crippen LogP contribution in [0.25, 0.3) is 11.4 Å². The summed E-state index contributed by atoms with van der Waals surface area (Å²) in [4.78, 5) is 2.37. The van der Waals surface area contributed by atoms with Crippen LogP contribution in [0, 0.1) is 0 Å². The molecule has 3 heterocycles. The minimum Gasteiger partial charge on any atom is -0.371 e. The second kappa shape index (κ2) is 5.33. The van der Waals surface area contributed by atoms with E-state index in [0.717, 1.165) is 50.5 Å². The van der Waals surface area contributed by atoms with Crippen LogP contribution in [0.15, 0.2) is 24.3 Å². The molecule has 0 unspecified atom stereocenters. The van der Waals surface area contributed by atoms with E-state index in [-0.39, 0.29) is 5.79 Å². The number of hydrogen-bond acceptors (Lipinski definition) is 6. The Bertz CT molecular complexity index is 638. The van der Waals surface area contributed by atoms with E-state index in [4.69, 9.17) is 9.47 Å². The Morgan fingerprint density at radius 2 is 1.73 bits per heavy atom. The number of ether oxygens (including phenoxy) is 2. The maximum atomic E-state index is 5.77. The lowest BCUT2D eigenvalue weighted by molar-refractivity contribution is -0.169. The molecule has 0 radical (unpaired) electrons. The van der Waals surface area contributed by atoms with Crippen molar-refractivity contribution in [3.8, 4) is 11.4 Å². The molecule has 2 fully saturated rings. The van der Waals surface area contributed by atoms with Gasteiger partial charge in [0.2, 0.25) is 0 Å². The van der Waals surface area contributed by atoms with Crippen LogP contribution >= 0.6 is 0 Å². The van der Waals surface area contributed by atoms with Crippen LogP contribution in [-0.2, 0) is 16.5 Å². The molecule has 2 saturated heterocycles. The molecule has 7 nitrogen and oxygen atoms in total. The summed E-state index contributed by atoms with van der Waals surface area (Å²) in [5.41, 5.74) is 2.24. The molecule has 22 heavy (non-hydrogen) atoms. The molecule has 2 aliphatic heterocycles. The van der Waals surface area contributed by atoms with Gasteiger partial charge in [0.25, 0.3) is 0 Å². The van der Waals surface area contributed by atoms with E-state index in [1.54, 1.807) is 4.68 Å². The molecule has 0 bridgehead atoms. The Kier molecular flexibility index (Phi) is 3.31. The summed E-state index contributed by atoms with van der Waals surface area (Å²) in [6, 6.07) is 8.37. The van der Waals surface area contributed by atoms with E-state index in [0.29, 0.717) is 0 Å². The Morgan fingerprint density at radius 3 is 2.32 bits per heavy atom. The predicted molar refractivity (Wildman–Crippen MR) is 80.3 cm³/mol. The van der Waals surface area contributed by atoms with Crippen molar-refractivity contribution in [2.75, 3.05) is 31.2 Å². The van der Waals surface area contributed by atoms with E-state index in [2.05, 4.69) is 44.7 Å². The first-order chi connectivity index (χ1) is 10.8. The number of anilines is 1. The highest BCUT2D eigenvalue weighted by molar-refractivity contribution is 5.60. The molecule has 2 aromatic rings. The topological polar surface area (TPSA) is 65.3 Å². The highest BCUT2D eigenvalue weighted by Crippen LogP contribution is 2.33. The lowest BCUT2D eigenvalue weighted by Gasteiger charge is -2.38. The molecule has 0 saturated carbocycles. The largest absolute Gasteiger partial charge is 0.371 e. The van der Waals surface area contributed by atoms with Crippen LogP contribution in [0.5, 0.6) is 0 Å². The molecule has 0 aliphatic carbocycles. The summed E-state index contributed by atoms with van der Waals surface area (Å²) >= 11 is 0. The molecule has 2 aliphatic rings. The van der Waals surface area contributed by atoms with Gasteiger partial charge in [-0.15, -0.1) is 5.10 Å². The van der Waals surface area contributed by atoms with Crippen LogP contribution in [-0.4, -0.2) is 52.3 Å². The van der Waals surface area contributed by atoms with Gasteiger partial charge in [0.05, 0.1) is 13.2 Å². The molecule has 1 aromatic carbocycles. The highest BCUT2D eigenvalue weighted by Gasteiger charge is 2.39. The summed E-state index contributed by atoms with van der Waals surface area (Å²) in [6.45, 7) is 3.34. The maximum absolute atomic E-state index is 5.77. The van der Waals surface area contributed by atoms with E-state index in [1.165, 1.54) is 5.69 Å². The molecule has 1 aromatic heterocycles. The quantitative estimate of drug-likeness (QED) is 0.831. The summed E-state index contributed by atoms with van der Waals surface area (Å²) < 4.78 is 13.2. The number of aryl methyl sites for hydroxylation is 1. The van der Waals surface area contributed by atoms with Crippen LogP contribution in [0.2, 0.25) is 0 Å². The van der Waals surface area contributed by atoms with Crippen molar-refractivity contribution >= 4 is 5.69 Å². The minimum atomic E-state index is -0.319. The van der Waals surface area contributed by atoms with Gasteiger partial charge in [-0.2, -0.15) is 0 Å². The smallest absolute Gasteiger partial charge is 0.181 e. The molecule has 1 spiro atoms. The van der Waals surface area contributed by atoms with Crippen molar-refractivity contribution in [2.45, 2.75) is 18.6 Å². The van der Waals surface area contributed by atoms with Gasteiger partial charge in [0, 0.05) is 44.2 Å². The van der Waals surface area contributed by atoms with Gasteiger partial charge in [-0.05, 0) is 34.7 Å². The zero-order valence-electron chi connectivity index (χ0n) is 12.6. The van der Waals surface area contributed by atoms with Gasteiger partial charge >= 0.3 is 0 Å². The van der Waals surface area contributed by atoms with Crippen molar-refractivity contribution in [3.05, 3.63) is 24.3 Å². The lowest BCUT2D eigenvalue weighted by atomic mass is 10.0. The zero-order valence-corrected chi connectivity index (χ0v) is 12.6. The second-order valence-corrected chi connectivity index (χ2v) is 5.77. The van der Waals surface area contributed by atoms with Crippen LogP contribution in [0.3, 0.4) is 0 Å². The summed E-state index contributed by atoms with van der Waals surface area (Å²) in [7, 11) is 1.84. The third-order valence-corrected chi connectivity index (χ3v) is 4.45. The van der Waals surface area contributed by atoms with Crippen LogP contribution in [0.1, 0.15) is 12.8 Å². The van der Waals surface area contributed by atoms with E-state index in [1.807, 2.05) is 7.05 Å². The fourth-order valence-electron chi connectivity index (χ4n) is 3.19. The molecular formula is C15H19N5O2. The fraction of sp³-hybridized carbons (Fsp3) is 0.533. The summed E-state index contributed by atoms with van der Waals surface area (Å²) in [6.07, 6.45) is 1.84. The van der Waals surface area contributed by atoms with Gasteiger partial charge in [0.15, 0.2) is 11.6 Å². The van der Waals surface area contributed by atoms with Crippen molar-refractivity contribution in [3.63, 3.8) is 0 Å². The molecular weight excluding hydrogens is 282 g/mol. The zero-order chi connectivity index (χ0) is 15.0. The molecule has 0 amide bonds. The first-order valence-corrected chi connectivity index (χ1v) is 7.61. The van der Waals surface area contributed by atoms with Gasteiger partial charge in [0.1, 0.15) is 0 Å². The second-order valence-electron chi connectivity index (χ2n) is 5.77. The van der Waals surface area contributed by atoms with Gasteiger partial charge in [-0.25, -0.2) is 4.68 Å². The Labute approximate surface area is 128 Å². The minimum absolute atomic E-state index is 0.319.